The smallest absolute Gasteiger partial charge is 0.256 e. The lowest BCUT2D eigenvalue weighted by molar-refractivity contribution is -0.420. The molecule has 0 bridgehead atoms. The third-order valence-corrected chi connectivity index (χ3v) is 1.27. The molecule has 0 saturated heterocycles. The summed E-state index contributed by atoms with van der Waals surface area (Å²) < 4.78 is 0. The van der Waals surface area contributed by atoms with Crippen LogP contribution in [-0.4, -0.2) is 4.92 Å². The maximum atomic E-state index is 10.1. The molecule has 1 aliphatic rings. The highest BCUT2D eigenvalue weighted by Gasteiger charge is 2.25. The van der Waals surface area contributed by atoms with Gasteiger partial charge in [-0.3, -0.25) is 10.1 Å². The Balaban J connectivity index is 2.98. The normalized spacial score (nSPS) is 15.3. The van der Waals surface area contributed by atoms with E-state index in [4.69, 9.17) is 11.6 Å². The summed E-state index contributed by atoms with van der Waals surface area (Å²) in [5.74, 6) is 0. The average Bonchev–Trinajstić information content (AvgIpc) is 1.88. The fourth-order valence-corrected chi connectivity index (χ4v) is 0.744. The SMILES string of the molecule is O=[N+]([O-])C1=[C+]C=CC=C1Cl. The van der Waals surface area contributed by atoms with Crippen LogP contribution in [0.5, 0.6) is 0 Å². The van der Waals surface area contributed by atoms with E-state index in [-0.39, 0.29) is 10.7 Å². The number of halogens is 1. The van der Waals surface area contributed by atoms with Gasteiger partial charge in [-0.15, -0.1) is 0 Å². The Morgan fingerprint density at radius 1 is 1.70 bits per heavy atom. The minimum absolute atomic E-state index is 0.118. The van der Waals surface area contributed by atoms with Gasteiger partial charge in [-0.25, -0.2) is 0 Å². The first-order chi connectivity index (χ1) is 4.72. The molecule has 10 heavy (non-hydrogen) atoms. The summed E-state index contributed by atoms with van der Waals surface area (Å²) in [6, 6.07) is 0. The highest BCUT2D eigenvalue weighted by atomic mass is 35.5. The molecule has 0 radical (unpaired) electrons. The van der Waals surface area contributed by atoms with Crippen LogP contribution in [-0.2, 0) is 0 Å². The molecule has 0 atom stereocenters. The monoisotopic (exact) mass is 156 g/mol. The summed E-state index contributed by atoms with van der Waals surface area (Å²) >= 11 is 5.45. The number of allylic oxidation sites excluding steroid dienone is 5. The standard InChI is InChI=1S/C6H3ClNO2/c7-5-3-1-2-4-6(5)8(9)10/h1-3H/q+1. The Kier molecular flexibility index (Phi) is 1.81. The van der Waals surface area contributed by atoms with Crippen molar-refractivity contribution < 1.29 is 4.92 Å². The van der Waals surface area contributed by atoms with E-state index in [0.29, 0.717) is 0 Å². The molecule has 0 aromatic heterocycles. The number of hydrogen-bond acceptors (Lipinski definition) is 2. The average molecular weight is 157 g/mol. The molecule has 0 unspecified atom stereocenters. The Morgan fingerprint density at radius 2 is 2.40 bits per heavy atom. The van der Waals surface area contributed by atoms with Crippen LogP contribution in [0, 0.1) is 16.2 Å². The number of hydrogen-bond donors (Lipinski definition) is 0. The van der Waals surface area contributed by atoms with Gasteiger partial charge in [0.1, 0.15) is 17.1 Å². The molecule has 0 amide bonds. The first kappa shape index (κ1) is 6.93. The quantitative estimate of drug-likeness (QED) is 0.329. The summed E-state index contributed by atoms with van der Waals surface area (Å²) in [6.45, 7) is 0. The van der Waals surface area contributed by atoms with E-state index in [9.17, 15) is 10.1 Å². The molecule has 4 heteroatoms. The van der Waals surface area contributed by atoms with Crippen LogP contribution in [0.15, 0.2) is 29.0 Å². The van der Waals surface area contributed by atoms with E-state index in [1.807, 2.05) is 0 Å². The fraction of sp³-hybridized carbons (Fsp3) is 0. The number of nitro groups is 1. The van der Waals surface area contributed by atoms with Gasteiger partial charge in [-0.1, -0.05) is 0 Å². The molecule has 50 valence electrons. The molecular formula is C6H3ClNO2+. The molecule has 0 saturated carbocycles. The van der Waals surface area contributed by atoms with Gasteiger partial charge >= 0.3 is 5.70 Å². The van der Waals surface area contributed by atoms with E-state index in [1.54, 1.807) is 6.08 Å². The third-order valence-electron chi connectivity index (χ3n) is 0.968. The van der Waals surface area contributed by atoms with Crippen molar-refractivity contribution in [2.24, 2.45) is 0 Å². The van der Waals surface area contributed by atoms with Crippen molar-refractivity contribution >= 4 is 11.6 Å². The summed E-state index contributed by atoms with van der Waals surface area (Å²) in [4.78, 5) is 9.54. The molecule has 0 N–H and O–H groups in total. The molecule has 0 spiro atoms. The molecular weight excluding hydrogens is 154 g/mol. The van der Waals surface area contributed by atoms with Gasteiger partial charge in [0.05, 0.1) is 6.08 Å². The van der Waals surface area contributed by atoms with Crippen molar-refractivity contribution in [2.75, 3.05) is 0 Å². The van der Waals surface area contributed by atoms with E-state index in [1.165, 1.54) is 12.2 Å². The topological polar surface area (TPSA) is 43.1 Å². The predicted octanol–water partition coefficient (Wildman–Crippen LogP) is 1.64. The van der Waals surface area contributed by atoms with Crippen LogP contribution in [0.25, 0.3) is 0 Å². The van der Waals surface area contributed by atoms with Gasteiger partial charge in [0.25, 0.3) is 0 Å². The van der Waals surface area contributed by atoms with Crippen LogP contribution in [0.1, 0.15) is 0 Å². The van der Waals surface area contributed by atoms with Gasteiger partial charge < -0.3 is 0 Å². The van der Waals surface area contributed by atoms with Crippen molar-refractivity contribution in [3.63, 3.8) is 0 Å². The Hall–Kier alpha value is -1.18. The predicted molar refractivity (Wildman–Crippen MR) is 36.8 cm³/mol. The Morgan fingerprint density at radius 3 is 2.80 bits per heavy atom. The second-order valence-electron chi connectivity index (χ2n) is 1.62. The van der Waals surface area contributed by atoms with Crippen LogP contribution in [0.2, 0.25) is 0 Å². The van der Waals surface area contributed by atoms with Crippen molar-refractivity contribution in [3.8, 4) is 0 Å². The van der Waals surface area contributed by atoms with Crippen LogP contribution in [0.3, 0.4) is 0 Å². The summed E-state index contributed by atoms with van der Waals surface area (Å²) in [6.07, 6.45) is 6.90. The first-order valence-electron chi connectivity index (χ1n) is 2.52. The molecule has 1 rings (SSSR count). The van der Waals surface area contributed by atoms with Crippen molar-refractivity contribution in [1.82, 2.24) is 0 Å². The molecule has 3 nitrogen and oxygen atoms in total. The number of nitrogens with zero attached hydrogens (tertiary/aromatic N) is 1. The van der Waals surface area contributed by atoms with Crippen molar-refractivity contribution in [2.45, 2.75) is 0 Å². The maximum Gasteiger partial charge on any atom is 0.446 e. The zero-order chi connectivity index (χ0) is 7.56. The Bertz CT molecular complexity index is 252. The van der Waals surface area contributed by atoms with E-state index >= 15 is 0 Å². The lowest BCUT2D eigenvalue weighted by Gasteiger charge is -1.86. The van der Waals surface area contributed by atoms with E-state index in [2.05, 4.69) is 6.08 Å². The largest absolute Gasteiger partial charge is 0.446 e. The van der Waals surface area contributed by atoms with Gasteiger partial charge in [0.15, 0.2) is 0 Å². The molecule has 1 aliphatic carbocycles. The molecule has 0 aromatic carbocycles. The third kappa shape index (κ3) is 1.21. The van der Waals surface area contributed by atoms with Gasteiger partial charge in [-0.05, 0) is 0 Å². The van der Waals surface area contributed by atoms with Crippen molar-refractivity contribution in [3.05, 3.63) is 45.1 Å². The lowest BCUT2D eigenvalue weighted by Crippen LogP contribution is -1.99. The lowest BCUT2D eigenvalue weighted by atomic mass is 10.2. The van der Waals surface area contributed by atoms with Gasteiger partial charge in [0, 0.05) is 17.7 Å². The molecule has 0 aliphatic heterocycles. The zero-order valence-corrected chi connectivity index (χ0v) is 5.63. The van der Waals surface area contributed by atoms with Crippen molar-refractivity contribution in [1.29, 1.82) is 0 Å². The number of rotatable bonds is 1. The second kappa shape index (κ2) is 2.60. The van der Waals surface area contributed by atoms with Gasteiger partial charge in [-0.2, -0.15) is 0 Å². The van der Waals surface area contributed by atoms with E-state index in [0.717, 1.165) is 0 Å². The highest BCUT2D eigenvalue weighted by molar-refractivity contribution is 6.31. The second-order valence-corrected chi connectivity index (χ2v) is 2.03. The van der Waals surface area contributed by atoms with Gasteiger partial charge in [0.2, 0.25) is 5.03 Å². The minimum Gasteiger partial charge on any atom is -0.256 e. The molecule has 0 fully saturated rings. The zero-order valence-electron chi connectivity index (χ0n) is 4.87. The summed E-state index contributed by atoms with van der Waals surface area (Å²) in [7, 11) is 0. The fourth-order valence-electron chi connectivity index (χ4n) is 0.547. The first-order valence-corrected chi connectivity index (χ1v) is 2.90. The van der Waals surface area contributed by atoms with E-state index < -0.39 is 4.92 Å². The summed E-state index contributed by atoms with van der Waals surface area (Å²) in [5.41, 5.74) is -0.177. The van der Waals surface area contributed by atoms with Crippen LogP contribution >= 0.6 is 11.6 Å². The summed E-state index contributed by atoms with van der Waals surface area (Å²) in [5, 5.41) is 10.2. The Labute approximate surface area is 62.4 Å². The molecule has 0 heterocycles. The molecule has 0 aromatic rings. The maximum absolute atomic E-state index is 10.1. The minimum atomic E-state index is -0.567. The van der Waals surface area contributed by atoms with Crippen LogP contribution in [0.4, 0.5) is 0 Å². The van der Waals surface area contributed by atoms with Crippen LogP contribution < -0.4 is 0 Å². The highest BCUT2D eigenvalue weighted by Crippen LogP contribution is 2.17.